The molecule has 0 aliphatic heterocycles. The lowest BCUT2D eigenvalue weighted by Crippen LogP contribution is -2.33. The van der Waals surface area contributed by atoms with Gasteiger partial charge in [-0.25, -0.2) is 0 Å². The Balaban J connectivity index is 2.65. The van der Waals surface area contributed by atoms with Crippen LogP contribution in [0.15, 0.2) is 0 Å². The first-order valence-electron chi connectivity index (χ1n) is 5.46. The van der Waals surface area contributed by atoms with Gasteiger partial charge in [0.2, 0.25) is 0 Å². The normalized spacial score (nSPS) is 21.9. The molecule has 1 N–H and O–H groups in total. The number of carbonyl (C=O) groups excluding carboxylic acids is 1. The molecule has 1 atom stereocenters. The van der Waals surface area contributed by atoms with Crippen molar-refractivity contribution in [1.29, 1.82) is 0 Å². The molecule has 1 aliphatic rings. The minimum Gasteiger partial charge on any atom is -0.466 e. The number of carbonyl (C=O) groups is 1. The van der Waals surface area contributed by atoms with E-state index in [0.29, 0.717) is 13.0 Å². The van der Waals surface area contributed by atoms with Crippen molar-refractivity contribution in [2.24, 2.45) is 5.41 Å². The molecule has 0 spiro atoms. The van der Waals surface area contributed by atoms with Gasteiger partial charge < -0.3 is 9.84 Å². The van der Waals surface area contributed by atoms with Crippen molar-refractivity contribution in [3.8, 4) is 0 Å². The van der Waals surface area contributed by atoms with E-state index in [1.807, 2.05) is 6.92 Å². The Morgan fingerprint density at radius 1 is 1.50 bits per heavy atom. The van der Waals surface area contributed by atoms with Gasteiger partial charge in [0.1, 0.15) is 0 Å². The SMILES string of the molecule is CCOC(=O)C1(CC(C)O)CCCC1. The quantitative estimate of drug-likeness (QED) is 0.705. The summed E-state index contributed by atoms with van der Waals surface area (Å²) in [5.41, 5.74) is -0.385. The number of hydrogen-bond acceptors (Lipinski definition) is 3. The van der Waals surface area contributed by atoms with Crippen molar-refractivity contribution in [1.82, 2.24) is 0 Å². The third-order valence-corrected chi connectivity index (χ3v) is 2.96. The maximum Gasteiger partial charge on any atom is 0.312 e. The monoisotopic (exact) mass is 200 g/mol. The lowest BCUT2D eigenvalue weighted by atomic mass is 9.81. The number of ether oxygens (including phenoxy) is 1. The fourth-order valence-electron chi connectivity index (χ4n) is 2.39. The molecule has 0 aromatic rings. The van der Waals surface area contributed by atoms with Gasteiger partial charge >= 0.3 is 5.97 Å². The molecule has 1 rings (SSSR count). The summed E-state index contributed by atoms with van der Waals surface area (Å²) in [6, 6.07) is 0. The largest absolute Gasteiger partial charge is 0.466 e. The first kappa shape index (κ1) is 11.5. The second-order valence-electron chi connectivity index (χ2n) is 4.26. The Labute approximate surface area is 85.5 Å². The third kappa shape index (κ3) is 2.47. The van der Waals surface area contributed by atoms with E-state index in [1.165, 1.54) is 0 Å². The maximum atomic E-state index is 11.8. The molecule has 0 amide bonds. The zero-order valence-corrected chi connectivity index (χ0v) is 9.08. The van der Waals surface area contributed by atoms with Gasteiger partial charge in [0, 0.05) is 0 Å². The van der Waals surface area contributed by atoms with Crippen LogP contribution in [0.3, 0.4) is 0 Å². The lowest BCUT2D eigenvalue weighted by Gasteiger charge is -2.27. The van der Waals surface area contributed by atoms with Gasteiger partial charge in [-0.15, -0.1) is 0 Å². The molecule has 0 aromatic heterocycles. The molecule has 3 heteroatoms. The van der Waals surface area contributed by atoms with Gasteiger partial charge in [-0.05, 0) is 33.1 Å². The van der Waals surface area contributed by atoms with Crippen LogP contribution in [-0.4, -0.2) is 23.8 Å². The van der Waals surface area contributed by atoms with Crippen LogP contribution in [0.4, 0.5) is 0 Å². The molecular formula is C11H20O3. The van der Waals surface area contributed by atoms with Crippen LogP contribution in [0.25, 0.3) is 0 Å². The van der Waals surface area contributed by atoms with Crippen LogP contribution in [-0.2, 0) is 9.53 Å². The van der Waals surface area contributed by atoms with E-state index < -0.39 is 6.10 Å². The van der Waals surface area contributed by atoms with Crippen molar-refractivity contribution >= 4 is 5.97 Å². The number of esters is 1. The molecule has 1 unspecified atom stereocenters. The zero-order valence-electron chi connectivity index (χ0n) is 9.08. The van der Waals surface area contributed by atoms with E-state index in [0.717, 1.165) is 25.7 Å². The highest BCUT2D eigenvalue weighted by Gasteiger charge is 2.43. The fraction of sp³-hybridized carbons (Fsp3) is 0.909. The molecular weight excluding hydrogens is 180 g/mol. The molecule has 0 saturated heterocycles. The molecule has 0 aromatic carbocycles. The highest BCUT2D eigenvalue weighted by molar-refractivity contribution is 5.77. The Bertz CT molecular complexity index is 193. The van der Waals surface area contributed by atoms with Crippen molar-refractivity contribution in [3.63, 3.8) is 0 Å². The minimum atomic E-state index is -0.419. The summed E-state index contributed by atoms with van der Waals surface area (Å²) in [5, 5.41) is 9.39. The van der Waals surface area contributed by atoms with Gasteiger partial charge in [-0.2, -0.15) is 0 Å². The van der Waals surface area contributed by atoms with Crippen LogP contribution in [0, 0.1) is 5.41 Å². The Morgan fingerprint density at radius 2 is 2.07 bits per heavy atom. The van der Waals surface area contributed by atoms with Crippen LogP contribution < -0.4 is 0 Å². The maximum absolute atomic E-state index is 11.8. The second-order valence-corrected chi connectivity index (χ2v) is 4.26. The highest BCUT2D eigenvalue weighted by atomic mass is 16.5. The molecule has 3 nitrogen and oxygen atoms in total. The van der Waals surface area contributed by atoms with E-state index in [4.69, 9.17) is 4.74 Å². The van der Waals surface area contributed by atoms with Crippen molar-refractivity contribution < 1.29 is 14.6 Å². The topological polar surface area (TPSA) is 46.5 Å². The van der Waals surface area contributed by atoms with Crippen LogP contribution in [0.2, 0.25) is 0 Å². The number of hydrogen-bond donors (Lipinski definition) is 1. The van der Waals surface area contributed by atoms with E-state index in [-0.39, 0.29) is 11.4 Å². The van der Waals surface area contributed by atoms with E-state index in [2.05, 4.69) is 0 Å². The molecule has 0 radical (unpaired) electrons. The average Bonchev–Trinajstić information content (AvgIpc) is 2.53. The molecule has 0 heterocycles. The summed E-state index contributed by atoms with van der Waals surface area (Å²) in [7, 11) is 0. The summed E-state index contributed by atoms with van der Waals surface area (Å²) in [4.78, 5) is 11.8. The number of aliphatic hydroxyl groups is 1. The number of aliphatic hydroxyl groups excluding tert-OH is 1. The first-order chi connectivity index (χ1) is 6.60. The summed E-state index contributed by atoms with van der Waals surface area (Å²) < 4.78 is 5.08. The molecule has 0 bridgehead atoms. The Kier molecular flexibility index (Phi) is 3.93. The van der Waals surface area contributed by atoms with Crippen LogP contribution >= 0.6 is 0 Å². The van der Waals surface area contributed by atoms with Gasteiger partial charge in [0.15, 0.2) is 0 Å². The summed E-state index contributed by atoms with van der Waals surface area (Å²) in [5.74, 6) is -0.113. The molecule has 82 valence electrons. The predicted molar refractivity (Wildman–Crippen MR) is 53.8 cm³/mol. The zero-order chi connectivity index (χ0) is 10.6. The van der Waals surface area contributed by atoms with Crippen LogP contribution in [0.5, 0.6) is 0 Å². The summed E-state index contributed by atoms with van der Waals surface area (Å²) >= 11 is 0. The third-order valence-electron chi connectivity index (χ3n) is 2.96. The van der Waals surface area contributed by atoms with E-state index in [9.17, 15) is 9.90 Å². The predicted octanol–water partition coefficient (Wildman–Crippen LogP) is 1.88. The average molecular weight is 200 g/mol. The van der Waals surface area contributed by atoms with Gasteiger partial charge in [0.25, 0.3) is 0 Å². The molecule has 1 fully saturated rings. The molecule has 1 aliphatic carbocycles. The molecule has 14 heavy (non-hydrogen) atoms. The summed E-state index contributed by atoms with van der Waals surface area (Å²) in [6.45, 7) is 3.99. The molecule has 1 saturated carbocycles. The van der Waals surface area contributed by atoms with Gasteiger partial charge in [0.05, 0.1) is 18.1 Å². The van der Waals surface area contributed by atoms with Crippen LogP contribution in [0.1, 0.15) is 46.0 Å². The standard InChI is InChI=1S/C11H20O3/c1-3-14-10(13)11(8-9(2)12)6-4-5-7-11/h9,12H,3-8H2,1-2H3. The minimum absolute atomic E-state index is 0.113. The smallest absolute Gasteiger partial charge is 0.312 e. The Hall–Kier alpha value is -0.570. The second kappa shape index (κ2) is 4.78. The first-order valence-corrected chi connectivity index (χ1v) is 5.46. The fourth-order valence-corrected chi connectivity index (χ4v) is 2.39. The lowest BCUT2D eigenvalue weighted by molar-refractivity contribution is -0.157. The van der Waals surface area contributed by atoms with E-state index in [1.54, 1.807) is 6.92 Å². The van der Waals surface area contributed by atoms with Crippen molar-refractivity contribution in [2.75, 3.05) is 6.61 Å². The van der Waals surface area contributed by atoms with Crippen molar-refractivity contribution in [2.45, 2.75) is 52.1 Å². The number of rotatable bonds is 4. The Morgan fingerprint density at radius 3 is 2.50 bits per heavy atom. The highest BCUT2D eigenvalue weighted by Crippen LogP contribution is 2.43. The van der Waals surface area contributed by atoms with Crippen molar-refractivity contribution in [3.05, 3.63) is 0 Å². The van der Waals surface area contributed by atoms with Gasteiger partial charge in [-0.1, -0.05) is 12.8 Å². The van der Waals surface area contributed by atoms with Gasteiger partial charge in [-0.3, -0.25) is 4.79 Å². The summed E-state index contributed by atoms with van der Waals surface area (Å²) in [6.07, 6.45) is 4.02. The van der Waals surface area contributed by atoms with E-state index >= 15 is 0 Å².